The molecule has 1 heterocycles. The van der Waals surface area contributed by atoms with E-state index in [0.29, 0.717) is 16.1 Å². The largest absolute Gasteiger partial charge is 0.508 e. The number of phenols is 1. The number of aliphatic hydroxyl groups excluding tert-OH is 1. The zero-order valence-corrected chi connectivity index (χ0v) is 16.7. The second kappa shape index (κ2) is 9.47. The standard InChI is InChI=1S/C20H18ClN3O7/c21-14-5-13(6-15(25)7-14)12-3-1-11(2-4-12)9-24(10-16(26)20(29)30)22-19(28)17-8-18(27)23-31-17/h1-8,16,25-26H,9-10H2,(H,22,28)(H,23,27)(H,29,30)/t16-/m0/s1. The number of hydrazine groups is 1. The highest BCUT2D eigenvalue weighted by atomic mass is 35.5. The third kappa shape index (κ3) is 5.95. The van der Waals surface area contributed by atoms with E-state index in [1.54, 1.807) is 36.4 Å². The van der Waals surface area contributed by atoms with Gasteiger partial charge in [0.05, 0.1) is 12.6 Å². The number of H-pyrrole nitrogens is 1. The summed E-state index contributed by atoms with van der Waals surface area (Å²) < 4.78 is 4.73. The number of benzene rings is 2. The lowest BCUT2D eigenvalue weighted by Gasteiger charge is -2.24. The smallest absolute Gasteiger partial charge is 0.333 e. The summed E-state index contributed by atoms with van der Waals surface area (Å²) in [6.45, 7) is -0.370. The van der Waals surface area contributed by atoms with Crippen molar-refractivity contribution < 1.29 is 29.4 Å². The van der Waals surface area contributed by atoms with Crippen molar-refractivity contribution in [3.05, 3.63) is 75.2 Å². The summed E-state index contributed by atoms with van der Waals surface area (Å²) in [6.07, 6.45) is -1.76. The van der Waals surface area contributed by atoms with Gasteiger partial charge in [0.15, 0.2) is 6.10 Å². The monoisotopic (exact) mass is 447 g/mol. The minimum absolute atomic E-state index is 0.0273. The molecule has 0 radical (unpaired) electrons. The normalized spacial score (nSPS) is 12.0. The molecule has 0 aliphatic rings. The van der Waals surface area contributed by atoms with Gasteiger partial charge in [0.1, 0.15) is 5.75 Å². The number of hydrogen-bond acceptors (Lipinski definition) is 7. The molecule has 10 nitrogen and oxygen atoms in total. The van der Waals surface area contributed by atoms with Crippen LogP contribution in [0, 0.1) is 0 Å². The van der Waals surface area contributed by atoms with Crippen LogP contribution in [-0.4, -0.2) is 50.0 Å². The number of phenolic OH excluding ortho intramolecular Hbond substituents is 1. The molecule has 0 saturated carbocycles. The maximum absolute atomic E-state index is 12.2. The lowest BCUT2D eigenvalue weighted by Crippen LogP contribution is -2.47. The van der Waals surface area contributed by atoms with Crippen molar-refractivity contribution >= 4 is 23.5 Å². The number of aromatic hydroxyl groups is 1. The van der Waals surface area contributed by atoms with Crippen molar-refractivity contribution in [1.82, 2.24) is 15.6 Å². The third-order valence-corrected chi connectivity index (χ3v) is 4.45. The van der Waals surface area contributed by atoms with Crippen LogP contribution in [0.2, 0.25) is 5.02 Å². The van der Waals surface area contributed by atoms with Crippen molar-refractivity contribution in [2.45, 2.75) is 12.6 Å². The number of nitrogens with one attached hydrogen (secondary N) is 2. The Morgan fingerprint density at radius 3 is 2.42 bits per heavy atom. The number of halogens is 1. The fraction of sp³-hybridized carbons (Fsp3) is 0.150. The van der Waals surface area contributed by atoms with E-state index in [1.165, 1.54) is 11.1 Å². The number of nitrogens with zero attached hydrogens (tertiary/aromatic N) is 1. The number of amides is 1. The Morgan fingerprint density at radius 1 is 1.13 bits per heavy atom. The molecule has 11 heteroatoms. The Labute approximate surface area is 180 Å². The van der Waals surface area contributed by atoms with Crippen LogP contribution in [0.25, 0.3) is 11.1 Å². The predicted molar refractivity (Wildman–Crippen MR) is 109 cm³/mol. The highest BCUT2D eigenvalue weighted by molar-refractivity contribution is 6.31. The van der Waals surface area contributed by atoms with Gasteiger partial charge in [-0.15, -0.1) is 0 Å². The first-order valence-electron chi connectivity index (χ1n) is 8.95. The number of carboxylic acid groups (broad SMARTS) is 1. The van der Waals surface area contributed by atoms with E-state index in [4.69, 9.17) is 21.2 Å². The molecule has 3 aromatic rings. The SMILES string of the molecule is O=C(NN(Cc1ccc(-c2cc(O)cc(Cl)c2)cc1)C[C@H](O)C(=O)O)c1cc(=O)[nH]o1. The molecule has 0 aliphatic carbocycles. The summed E-state index contributed by atoms with van der Waals surface area (Å²) >= 11 is 5.97. The molecule has 162 valence electrons. The number of aliphatic carboxylic acids is 1. The zero-order valence-electron chi connectivity index (χ0n) is 15.9. The fourth-order valence-corrected chi connectivity index (χ4v) is 3.02. The van der Waals surface area contributed by atoms with Gasteiger partial charge in [-0.25, -0.2) is 9.80 Å². The van der Waals surface area contributed by atoms with Crippen molar-refractivity contribution in [2.75, 3.05) is 6.54 Å². The van der Waals surface area contributed by atoms with E-state index in [0.717, 1.165) is 11.6 Å². The van der Waals surface area contributed by atoms with Crippen LogP contribution >= 0.6 is 11.6 Å². The van der Waals surface area contributed by atoms with Gasteiger partial charge in [0, 0.05) is 11.6 Å². The Morgan fingerprint density at radius 2 is 1.84 bits per heavy atom. The third-order valence-electron chi connectivity index (χ3n) is 4.23. The number of aliphatic hydroxyl groups is 1. The molecule has 0 spiro atoms. The van der Waals surface area contributed by atoms with Crippen LogP contribution in [0.15, 0.2) is 57.8 Å². The molecule has 1 atom stereocenters. The highest BCUT2D eigenvalue weighted by Gasteiger charge is 2.22. The molecule has 0 fully saturated rings. The first-order valence-corrected chi connectivity index (χ1v) is 9.33. The topological polar surface area (TPSA) is 156 Å². The molecule has 0 unspecified atom stereocenters. The zero-order chi connectivity index (χ0) is 22.5. The molecule has 0 aliphatic heterocycles. The minimum Gasteiger partial charge on any atom is -0.508 e. The predicted octanol–water partition coefficient (Wildman–Crippen LogP) is 1.59. The first kappa shape index (κ1) is 22.1. The number of aromatic amines is 1. The summed E-state index contributed by atoms with van der Waals surface area (Å²) in [5.41, 5.74) is 3.96. The molecule has 0 saturated heterocycles. The van der Waals surface area contributed by atoms with E-state index in [9.17, 15) is 24.6 Å². The van der Waals surface area contributed by atoms with Gasteiger partial charge in [-0.3, -0.25) is 15.0 Å². The Hall–Kier alpha value is -3.60. The number of hydrogen-bond donors (Lipinski definition) is 5. The molecule has 1 amide bonds. The second-order valence-electron chi connectivity index (χ2n) is 6.65. The molecule has 2 aromatic carbocycles. The highest BCUT2D eigenvalue weighted by Crippen LogP contribution is 2.28. The second-order valence-corrected chi connectivity index (χ2v) is 7.08. The van der Waals surface area contributed by atoms with Crippen LogP contribution in [-0.2, 0) is 11.3 Å². The van der Waals surface area contributed by atoms with Crippen LogP contribution in [0.3, 0.4) is 0 Å². The van der Waals surface area contributed by atoms with Crippen LogP contribution in [0.5, 0.6) is 5.75 Å². The maximum Gasteiger partial charge on any atom is 0.333 e. The van der Waals surface area contributed by atoms with Gasteiger partial charge in [0.2, 0.25) is 5.76 Å². The van der Waals surface area contributed by atoms with Gasteiger partial charge in [-0.05, 0) is 34.9 Å². The summed E-state index contributed by atoms with van der Waals surface area (Å²) in [5, 5.41) is 31.9. The quantitative estimate of drug-likeness (QED) is 0.326. The molecular weight excluding hydrogens is 430 g/mol. The lowest BCUT2D eigenvalue weighted by atomic mass is 10.0. The van der Waals surface area contributed by atoms with E-state index in [2.05, 4.69) is 5.43 Å². The molecule has 3 rings (SSSR count). The molecule has 31 heavy (non-hydrogen) atoms. The Balaban J connectivity index is 1.77. The number of carbonyl (C=O) groups is 2. The van der Waals surface area contributed by atoms with E-state index >= 15 is 0 Å². The van der Waals surface area contributed by atoms with Gasteiger partial charge < -0.3 is 19.8 Å². The number of carbonyl (C=O) groups excluding carboxylic acids is 1. The van der Waals surface area contributed by atoms with Crippen molar-refractivity contribution in [2.24, 2.45) is 0 Å². The van der Waals surface area contributed by atoms with Crippen LogP contribution in [0.4, 0.5) is 0 Å². The molecule has 1 aromatic heterocycles. The van der Waals surface area contributed by atoms with E-state index < -0.39 is 30.1 Å². The minimum atomic E-state index is -1.76. The fourth-order valence-electron chi connectivity index (χ4n) is 2.79. The lowest BCUT2D eigenvalue weighted by molar-refractivity contribution is -0.148. The average molecular weight is 448 g/mol. The Kier molecular flexibility index (Phi) is 6.75. The van der Waals surface area contributed by atoms with Crippen molar-refractivity contribution in [3.63, 3.8) is 0 Å². The summed E-state index contributed by atoms with van der Waals surface area (Å²) in [4.78, 5) is 34.4. The van der Waals surface area contributed by atoms with Crippen molar-refractivity contribution in [3.8, 4) is 16.9 Å². The molecular formula is C20H18ClN3O7. The first-order chi connectivity index (χ1) is 14.7. The molecule has 0 bridgehead atoms. The molecule has 5 N–H and O–H groups in total. The summed E-state index contributed by atoms with van der Waals surface area (Å²) in [5.74, 6) is -2.51. The van der Waals surface area contributed by atoms with Gasteiger partial charge >= 0.3 is 11.9 Å². The van der Waals surface area contributed by atoms with Crippen LogP contribution in [0.1, 0.15) is 16.1 Å². The van der Waals surface area contributed by atoms with Gasteiger partial charge in [-0.1, -0.05) is 35.9 Å². The summed E-state index contributed by atoms with van der Waals surface area (Å²) in [6, 6.07) is 12.6. The number of aromatic nitrogens is 1. The maximum atomic E-state index is 12.2. The average Bonchev–Trinajstić information content (AvgIpc) is 3.14. The number of rotatable bonds is 8. The van der Waals surface area contributed by atoms with E-state index in [-0.39, 0.29) is 18.1 Å². The Bertz CT molecular complexity index is 1120. The number of carboxylic acids is 1. The van der Waals surface area contributed by atoms with Gasteiger partial charge in [0.25, 0.3) is 5.56 Å². The van der Waals surface area contributed by atoms with Gasteiger partial charge in [-0.2, -0.15) is 5.16 Å². The summed E-state index contributed by atoms with van der Waals surface area (Å²) in [7, 11) is 0. The van der Waals surface area contributed by atoms with E-state index in [1.807, 2.05) is 5.16 Å². The van der Waals surface area contributed by atoms with Crippen LogP contribution < -0.4 is 11.0 Å². The van der Waals surface area contributed by atoms with Crippen molar-refractivity contribution in [1.29, 1.82) is 0 Å².